The predicted octanol–water partition coefficient (Wildman–Crippen LogP) is 14.2. The quantitative estimate of drug-likeness (QED) is 0.123. The molecule has 10 rings (SSSR count). The van der Waals surface area contributed by atoms with E-state index in [4.69, 9.17) is 20.7 Å². The average Bonchev–Trinajstić information content (AvgIpc) is 3.97. The summed E-state index contributed by atoms with van der Waals surface area (Å²) in [7, 11) is -1.82. The fraction of sp³-hybridized carbons (Fsp3) is 0.222. The minimum absolute atomic E-state index is 0. The first-order valence-corrected chi connectivity index (χ1v) is 24.0. The summed E-state index contributed by atoms with van der Waals surface area (Å²) in [5.41, 5.74) is 9.66. The van der Waals surface area contributed by atoms with Crippen LogP contribution in [0.5, 0.6) is 0 Å². The van der Waals surface area contributed by atoms with E-state index in [1.807, 2.05) is 114 Å². The number of benzene rings is 6. The van der Waals surface area contributed by atoms with Crippen LogP contribution in [0.1, 0.15) is 58.2 Å². The Kier molecular flexibility index (Phi) is 9.68. The Labute approximate surface area is 380 Å². The largest absolute Gasteiger partial charge is 0.501 e. The Morgan fingerprint density at radius 1 is 0.787 bits per heavy atom. The van der Waals surface area contributed by atoms with E-state index in [0.717, 1.165) is 82.7 Å². The number of nitrogens with zero attached hydrogens (tertiary/aromatic N) is 3. The minimum atomic E-state index is -2.22. The summed E-state index contributed by atoms with van der Waals surface area (Å²) in [6, 6.07) is 46.5. The second kappa shape index (κ2) is 16.4. The Balaban J connectivity index is 0.000000180. The van der Waals surface area contributed by atoms with Crippen LogP contribution in [0.3, 0.4) is 0 Å². The molecule has 5 nitrogen and oxygen atoms in total. The summed E-state index contributed by atoms with van der Waals surface area (Å²) in [6.07, 6.45) is 0.332. The molecule has 0 saturated heterocycles. The molecule has 4 aromatic heterocycles. The van der Waals surface area contributed by atoms with Crippen LogP contribution in [0, 0.1) is 24.9 Å². The average molecular weight is 999 g/mol. The Hall–Kier alpha value is -5.59. The fourth-order valence-electron chi connectivity index (χ4n) is 8.09. The summed E-state index contributed by atoms with van der Waals surface area (Å²) in [6.45, 7) is 14.1. The summed E-state index contributed by atoms with van der Waals surface area (Å²) in [5, 5.41) is 5.32. The van der Waals surface area contributed by atoms with Gasteiger partial charge in [-0.15, -0.1) is 53.1 Å². The van der Waals surface area contributed by atoms with Crippen LogP contribution in [0.2, 0.25) is 19.6 Å². The zero-order valence-corrected chi connectivity index (χ0v) is 39.1. The van der Waals surface area contributed by atoms with Crippen molar-refractivity contribution in [3.05, 3.63) is 156 Å². The third kappa shape index (κ3) is 7.91. The van der Waals surface area contributed by atoms with E-state index >= 15 is 0 Å². The number of hydrogen-bond donors (Lipinski definition) is 0. The normalized spacial score (nSPS) is 13.8. The van der Waals surface area contributed by atoms with Crippen molar-refractivity contribution in [3.8, 4) is 28.3 Å². The van der Waals surface area contributed by atoms with Crippen LogP contribution in [0.15, 0.2) is 136 Å². The molecule has 0 N–H and O–H groups in total. The van der Waals surface area contributed by atoms with Gasteiger partial charge in [-0.1, -0.05) is 144 Å². The smallest absolute Gasteiger partial charge is 0.158 e. The van der Waals surface area contributed by atoms with Crippen molar-refractivity contribution >= 4 is 68.2 Å². The van der Waals surface area contributed by atoms with Crippen molar-refractivity contribution in [2.45, 2.75) is 72.9 Å². The second-order valence-electron chi connectivity index (χ2n) is 17.8. The second-order valence-corrected chi connectivity index (χ2v) is 22.8. The maximum Gasteiger partial charge on any atom is 0.158 e. The molecule has 0 unspecified atom stereocenters. The van der Waals surface area contributed by atoms with Crippen LogP contribution < -0.4 is 5.19 Å². The summed E-state index contributed by atoms with van der Waals surface area (Å²) in [4.78, 5) is 9.73. The molecule has 0 saturated carbocycles. The van der Waals surface area contributed by atoms with Gasteiger partial charge in [-0.2, -0.15) is 0 Å². The zero-order valence-electron chi connectivity index (χ0n) is 40.7. The molecule has 0 amide bonds. The summed E-state index contributed by atoms with van der Waals surface area (Å²) < 4.78 is 56.0. The third-order valence-electron chi connectivity index (χ3n) is 10.9. The maximum absolute atomic E-state index is 8.74. The first-order valence-electron chi connectivity index (χ1n) is 23.0. The van der Waals surface area contributed by atoms with Crippen molar-refractivity contribution < 1.29 is 35.8 Å². The van der Waals surface area contributed by atoms with Crippen molar-refractivity contribution in [1.82, 2.24) is 14.5 Å². The zero-order chi connectivity index (χ0) is 46.2. The Morgan fingerprint density at radius 3 is 2.13 bits per heavy atom. The SMILES string of the molecule is [2H]C([2H])([2H])c1c[c-]c(-c2cc(C([2H])([2H])C(C)C)c([Si](C)(C)C)cn2)cc1C(C)(C)C.[Ir].[c-]1ccc2c(oc3ccccc32)c1-c1nc2ccccc2n1-c1cccc2c1oc1ccccc12. The van der Waals surface area contributed by atoms with Gasteiger partial charge < -0.3 is 18.4 Å². The van der Waals surface area contributed by atoms with E-state index < -0.39 is 21.3 Å². The van der Waals surface area contributed by atoms with E-state index in [2.05, 4.69) is 83.8 Å². The first kappa shape index (κ1) is 36.1. The van der Waals surface area contributed by atoms with E-state index in [0.29, 0.717) is 22.4 Å². The van der Waals surface area contributed by atoms with Gasteiger partial charge in [0.25, 0.3) is 0 Å². The van der Waals surface area contributed by atoms with Crippen LogP contribution >= 0.6 is 0 Å². The predicted molar refractivity (Wildman–Crippen MR) is 253 cm³/mol. The minimum Gasteiger partial charge on any atom is -0.501 e. The molecule has 0 atom stereocenters. The molecule has 0 fully saturated rings. The molecule has 6 aromatic carbocycles. The van der Waals surface area contributed by atoms with Gasteiger partial charge in [-0.25, -0.2) is 0 Å². The number of pyridine rings is 1. The monoisotopic (exact) mass is 999 g/mol. The number of aromatic nitrogens is 3. The van der Waals surface area contributed by atoms with Crippen molar-refractivity contribution in [1.29, 1.82) is 0 Å². The molecule has 7 heteroatoms. The van der Waals surface area contributed by atoms with Gasteiger partial charge in [-0.3, -0.25) is 4.98 Å². The molecule has 0 aliphatic carbocycles. The molecule has 1 radical (unpaired) electrons. The van der Waals surface area contributed by atoms with Gasteiger partial charge in [0.15, 0.2) is 5.58 Å². The van der Waals surface area contributed by atoms with Crippen LogP contribution in [-0.4, -0.2) is 22.6 Å². The van der Waals surface area contributed by atoms with Crippen molar-refractivity contribution in [2.75, 3.05) is 0 Å². The maximum atomic E-state index is 8.74. The number of imidazole rings is 1. The summed E-state index contributed by atoms with van der Waals surface area (Å²) in [5.74, 6) is 0.582. The first-order chi connectivity index (χ1) is 30.7. The molecule has 4 heterocycles. The van der Waals surface area contributed by atoms with Crippen LogP contribution in [-0.2, 0) is 31.9 Å². The third-order valence-corrected chi connectivity index (χ3v) is 13.0. The van der Waals surface area contributed by atoms with Gasteiger partial charge in [0, 0.05) is 49.3 Å². The molecular weight excluding hydrogens is 943 g/mol. The molecule has 61 heavy (non-hydrogen) atoms. The van der Waals surface area contributed by atoms with E-state index in [1.54, 1.807) is 6.07 Å². The number of furan rings is 2. The number of aryl methyl sites for hydroxylation is 1. The number of fused-ring (bicyclic) bond motifs is 7. The number of hydrogen-bond acceptors (Lipinski definition) is 4. The van der Waals surface area contributed by atoms with Crippen molar-refractivity contribution in [3.63, 3.8) is 0 Å². The van der Waals surface area contributed by atoms with Crippen LogP contribution in [0.25, 0.3) is 83.2 Å². The summed E-state index contributed by atoms with van der Waals surface area (Å²) >= 11 is 0. The molecule has 0 aliphatic heterocycles. The Bertz CT molecular complexity index is 3430. The van der Waals surface area contributed by atoms with Crippen LogP contribution in [0.4, 0.5) is 0 Å². The fourth-order valence-corrected chi connectivity index (χ4v) is 9.50. The van der Waals surface area contributed by atoms with Gasteiger partial charge in [0.2, 0.25) is 0 Å². The number of rotatable bonds is 6. The van der Waals surface area contributed by atoms with E-state index in [-0.39, 0.29) is 31.4 Å². The molecule has 0 spiro atoms. The Morgan fingerprint density at radius 2 is 1.44 bits per heavy atom. The standard InChI is InChI=1S/C31H17N2O2.C23H34NSi.Ir/c1-5-17-27-19(9-1)21-11-7-13-23(29(21)34-27)31-32-24-14-3-4-15-25(24)33(31)26-16-8-12-22-20-10-2-6-18-28(20)35-30(22)26;1-16(2)12-19-14-21(24-15-22(19)25(7,8)9)18-11-10-17(3)20(13-18)23(4,5)6;/h1-12,14-18H;10,13-16H,12H2,1-9H3;/q2*-1;/i;3D3,12D2;. The molecule has 0 aliphatic rings. The van der Waals surface area contributed by atoms with E-state index in [1.165, 1.54) is 0 Å². The molecule has 0 bridgehead atoms. The van der Waals surface area contributed by atoms with Gasteiger partial charge in [0.05, 0.1) is 36.2 Å². The topological polar surface area (TPSA) is 57.0 Å². The van der Waals surface area contributed by atoms with Gasteiger partial charge >= 0.3 is 0 Å². The number of para-hydroxylation sites is 5. The molecular formula is C54H51IrN3O2Si-2. The van der Waals surface area contributed by atoms with E-state index in [9.17, 15) is 0 Å². The van der Waals surface area contributed by atoms with Crippen molar-refractivity contribution in [2.24, 2.45) is 5.92 Å². The molecule has 10 aromatic rings. The van der Waals surface area contributed by atoms with Gasteiger partial charge in [-0.05, 0) is 58.9 Å². The van der Waals surface area contributed by atoms with Gasteiger partial charge in [0.1, 0.15) is 11.2 Å². The molecule has 309 valence electrons.